The average Bonchev–Trinajstić information content (AvgIpc) is 2.77. The number of nitrogens with one attached hydrogen (secondary N) is 1. The van der Waals surface area contributed by atoms with Gasteiger partial charge in [0.25, 0.3) is 5.91 Å². The number of esters is 1. The van der Waals surface area contributed by atoms with Crippen molar-refractivity contribution >= 4 is 11.9 Å². The first-order chi connectivity index (χ1) is 14.5. The van der Waals surface area contributed by atoms with Crippen LogP contribution in [-0.2, 0) is 16.1 Å². The number of nitrogens with zero attached hydrogens (tertiary/aromatic N) is 2. The van der Waals surface area contributed by atoms with Gasteiger partial charge in [-0.05, 0) is 25.5 Å². The van der Waals surface area contributed by atoms with Crippen LogP contribution < -0.4 is 10.1 Å². The summed E-state index contributed by atoms with van der Waals surface area (Å²) in [6.45, 7) is 3.81. The van der Waals surface area contributed by atoms with Crippen LogP contribution >= 0.6 is 0 Å². The van der Waals surface area contributed by atoms with Crippen LogP contribution in [0.5, 0.6) is 5.75 Å². The lowest BCUT2D eigenvalue weighted by atomic mass is 10.0. The Morgan fingerprint density at radius 3 is 2.43 bits per heavy atom. The number of carbonyl (C=O) groups is 2. The van der Waals surface area contributed by atoms with Gasteiger partial charge in [0, 0.05) is 34.8 Å². The smallest absolute Gasteiger partial charge is 0.325 e. The van der Waals surface area contributed by atoms with E-state index in [0.29, 0.717) is 5.75 Å². The SMILES string of the molecule is COC(=O)CNC(=O)c1ncc(-c2ccc(C)nc2)c(C)c1OCc1ccccc1. The number of hydrogen-bond acceptors (Lipinski definition) is 6. The number of pyridine rings is 2. The van der Waals surface area contributed by atoms with E-state index in [1.807, 2.05) is 56.3 Å². The van der Waals surface area contributed by atoms with Crippen molar-refractivity contribution in [3.8, 4) is 16.9 Å². The van der Waals surface area contributed by atoms with Gasteiger partial charge in [0.1, 0.15) is 13.2 Å². The molecular weight excluding hydrogens is 382 g/mol. The standard InChI is InChI=1S/C23H23N3O4/c1-15-9-10-18(11-24-15)19-12-25-21(23(28)26-13-20(27)29-3)22(16(19)2)30-14-17-7-5-4-6-8-17/h4-12H,13-14H2,1-3H3,(H,26,28). The van der Waals surface area contributed by atoms with Crippen LogP contribution in [-0.4, -0.2) is 35.5 Å². The Labute approximate surface area is 175 Å². The molecule has 1 N–H and O–H groups in total. The second-order valence-electron chi connectivity index (χ2n) is 6.70. The fourth-order valence-electron chi connectivity index (χ4n) is 2.88. The zero-order valence-corrected chi connectivity index (χ0v) is 17.1. The minimum absolute atomic E-state index is 0.108. The number of methoxy groups -OCH3 is 1. The zero-order valence-electron chi connectivity index (χ0n) is 17.1. The molecule has 154 valence electrons. The summed E-state index contributed by atoms with van der Waals surface area (Å²) < 4.78 is 10.6. The molecule has 30 heavy (non-hydrogen) atoms. The van der Waals surface area contributed by atoms with Crippen molar-refractivity contribution in [1.29, 1.82) is 0 Å². The normalized spacial score (nSPS) is 10.4. The number of hydrogen-bond donors (Lipinski definition) is 1. The van der Waals surface area contributed by atoms with E-state index in [1.54, 1.807) is 12.4 Å². The third-order valence-corrected chi connectivity index (χ3v) is 4.57. The summed E-state index contributed by atoms with van der Waals surface area (Å²) >= 11 is 0. The minimum Gasteiger partial charge on any atom is -0.486 e. The summed E-state index contributed by atoms with van der Waals surface area (Å²) in [5.74, 6) is -0.700. The van der Waals surface area contributed by atoms with Crippen LogP contribution in [0.4, 0.5) is 0 Å². The molecule has 0 aliphatic rings. The van der Waals surface area contributed by atoms with E-state index < -0.39 is 11.9 Å². The van der Waals surface area contributed by atoms with Crippen LogP contribution in [0.3, 0.4) is 0 Å². The molecule has 7 nitrogen and oxygen atoms in total. The van der Waals surface area contributed by atoms with Crippen LogP contribution in [0.1, 0.15) is 27.3 Å². The number of aryl methyl sites for hydroxylation is 1. The van der Waals surface area contributed by atoms with Crippen molar-refractivity contribution in [2.75, 3.05) is 13.7 Å². The largest absolute Gasteiger partial charge is 0.486 e. The molecule has 0 aliphatic carbocycles. The third kappa shape index (κ3) is 5.00. The molecule has 7 heteroatoms. The van der Waals surface area contributed by atoms with E-state index in [9.17, 15) is 9.59 Å². The van der Waals surface area contributed by atoms with E-state index in [1.165, 1.54) is 7.11 Å². The van der Waals surface area contributed by atoms with Gasteiger partial charge in [-0.25, -0.2) is 4.98 Å². The van der Waals surface area contributed by atoms with Gasteiger partial charge < -0.3 is 14.8 Å². The summed E-state index contributed by atoms with van der Waals surface area (Å²) in [4.78, 5) is 32.7. The van der Waals surface area contributed by atoms with Crippen molar-refractivity contribution in [2.45, 2.75) is 20.5 Å². The number of ether oxygens (including phenoxy) is 2. The highest BCUT2D eigenvalue weighted by atomic mass is 16.5. The molecule has 0 bridgehead atoms. The zero-order chi connectivity index (χ0) is 21.5. The Morgan fingerprint density at radius 2 is 1.77 bits per heavy atom. The Balaban J connectivity index is 1.96. The van der Waals surface area contributed by atoms with Gasteiger partial charge in [-0.1, -0.05) is 36.4 Å². The van der Waals surface area contributed by atoms with E-state index in [-0.39, 0.29) is 18.8 Å². The Kier molecular flexibility index (Phi) is 6.75. The summed E-state index contributed by atoms with van der Waals surface area (Å²) in [5, 5.41) is 2.51. The van der Waals surface area contributed by atoms with Crippen LogP contribution in [0.2, 0.25) is 0 Å². The van der Waals surface area contributed by atoms with E-state index in [2.05, 4.69) is 20.0 Å². The van der Waals surface area contributed by atoms with E-state index in [4.69, 9.17) is 4.74 Å². The fourth-order valence-corrected chi connectivity index (χ4v) is 2.88. The minimum atomic E-state index is -0.547. The number of carbonyl (C=O) groups excluding carboxylic acids is 2. The lowest BCUT2D eigenvalue weighted by Crippen LogP contribution is -2.31. The highest BCUT2D eigenvalue weighted by Gasteiger charge is 2.21. The molecule has 1 aromatic carbocycles. The van der Waals surface area contributed by atoms with Gasteiger partial charge in [-0.15, -0.1) is 0 Å². The van der Waals surface area contributed by atoms with E-state index >= 15 is 0 Å². The molecule has 2 heterocycles. The Morgan fingerprint density at radius 1 is 1.00 bits per heavy atom. The molecule has 0 spiro atoms. The number of rotatable bonds is 7. The molecule has 0 unspecified atom stereocenters. The second-order valence-corrected chi connectivity index (χ2v) is 6.70. The van der Waals surface area contributed by atoms with Gasteiger partial charge >= 0.3 is 5.97 Å². The summed E-state index contributed by atoms with van der Waals surface area (Å²) in [7, 11) is 1.26. The Hall–Kier alpha value is -3.74. The topological polar surface area (TPSA) is 90.4 Å². The first-order valence-corrected chi connectivity index (χ1v) is 9.44. The Bertz CT molecular complexity index is 1030. The molecular formula is C23H23N3O4. The highest BCUT2D eigenvalue weighted by molar-refractivity contribution is 5.97. The second kappa shape index (κ2) is 9.65. The summed E-state index contributed by atoms with van der Waals surface area (Å²) in [6.07, 6.45) is 3.38. The van der Waals surface area contributed by atoms with E-state index in [0.717, 1.165) is 27.9 Å². The summed E-state index contributed by atoms with van der Waals surface area (Å²) in [6, 6.07) is 13.5. The first kappa shape index (κ1) is 21.0. The molecule has 3 aromatic rings. The molecule has 0 saturated carbocycles. The van der Waals surface area contributed by atoms with Crippen LogP contribution in [0.15, 0.2) is 54.9 Å². The predicted molar refractivity (Wildman–Crippen MR) is 112 cm³/mol. The number of benzene rings is 1. The monoisotopic (exact) mass is 405 g/mol. The first-order valence-electron chi connectivity index (χ1n) is 9.44. The van der Waals surface area contributed by atoms with Gasteiger partial charge in [-0.3, -0.25) is 14.6 Å². The molecule has 0 saturated heterocycles. The fraction of sp³-hybridized carbons (Fsp3) is 0.217. The maximum absolute atomic E-state index is 12.7. The predicted octanol–water partition coefficient (Wildman–Crippen LogP) is 3.24. The maximum atomic E-state index is 12.7. The molecule has 0 atom stereocenters. The molecule has 1 amide bonds. The lowest BCUT2D eigenvalue weighted by molar-refractivity contribution is -0.139. The third-order valence-electron chi connectivity index (χ3n) is 4.57. The number of amides is 1. The molecule has 3 rings (SSSR count). The van der Waals surface area contributed by atoms with Crippen molar-refractivity contribution in [3.05, 3.63) is 77.4 Å². The van der Waals surface area contributed by atoms with Crippen LogP contribution in [0.25, 0.3) is 11.1 Å². The van der Waals surface area contributed by atoms with Crippen molar-refractivity contribution in [3.63, 3.8) is 0 Å². The maximum Gasteiger partial charge on any atom is 0.325 e. The van der Waals surface area contributed by atoms with Gasteiger partial charge in [0.2, 0.25) is 0 Å². The van der Waals surface area contributed by atoms with Gasteiger partial charge in [0.05, 0.1) is 7.11 Å². The molecule has 0 radical (unpaired) electrons. The lowest BCUT2D eigenvalue weighted by Gasteiger charge is -2.16. The van der Waals surface area contributed by atoms with Crippen molar-refractivity contribution in [1.82, 2.24) is 15.3 Å². The molecule has 0 aliphatic heterocycles. The van der Waals surface area contributed by atoms with Crippen LogP contribution in [0, 0.1) is 13.8 Å². The quantitative estimate of drug-likeness (QED) is 0.607. The van der Waals surface area contributed by atoms with Gasteiger partial charge in [-0.2, -0.15) is 0 Å². The van der Waals surface area contributed by atoms with Gasteiger partial charge in [0.15, 0.2) is 11.4 Å². The van der Waals surface area contributed by atoms with Crippen molar-refractivity contribution < 1.29 is 19.1 Å². The molecule has 2 aromatic heterocycles. The number of aromatic nitrogens is 2. The highest BCUT2D eigenvalue weighted by Crippen LogP contribution is 2.32. The summed E-state index contributed by atoms with van der Waals surface area (Å²) in [5.41, 5.74) is 4.42. The molecule has 0 fully saturated rings. The average molecular weight is 405 g/mol. The van der Waals surface area contributed by atoms with Crippen molar-refractivity contribution in [2.24, 2.45) is 0 Å².